The normalized spacial score (nSPS) is 10.1. The lowest BCUT2D eigenvalue weighted by Gasteiger charge is -2.09. The number of carbonyl (C=O) groups is 3. The first-order valence-electron chi connectivity index (χ1n) is 6.54. The van der Waals surface area contributed by atoms with E-state index in [0.717, 1.165) is 0 Å². The third-order valence-corrected chi connectivity index (χ3v) is 3.00. The van der Waals surface area contributed by atoms with Crippen molar-refractivity contribution in [3.8, 4) is 17.0 Å². The van der Waals surface area contributed by atoms with E-state index >= 15 is 0 Å². The topological polar surface area (TPSA) is 74.6 Å². The van der Waals surface area contributed by atoms with Gasteiger partial charge in [-0.25, -0.2) is 4.79 Å². The summed E-state index contributed by atoms with van der Waals surface area (Å²) >= 11 is 0. The molecule has 22 heavy (non-hydrogen) atoms. The van der Waals surface area contributed by atoms with Crippen LogP contribution in [0.3, 0.4) is 0 Å². The van der Waals surface area contributed by atoms with Gasteiger partial charge < -0.3 is 9.47 Å². The molecule has 0 saturated carbocycles. The Kier molecular flexibility index (Phi) is 4.41. The van der Waals surface area contributed by atoms with Gasteiger partial charge in [0.25, 0.3) is 0 Å². The maximum atomic E-state index is 11.9. The Morgan fingerprint density at radius 3 is 2.18 bits per heavy atom. The van der Waals surface area contributed by atoms with Crippen LogP contribution in [0.15, 0.2) is 36.5 Å². The molecule has 2 aromatic rings. The second-order valence-corrected chi connectivity index (χ2v) is 4.56. The number of methoxy groups -OCH3 is 1. The SMILES string of the molecule is COC(=O)c1cn(C(C)=O)c(-c2ccccc2)c1OC(C)=O. The lowest BCUT2D eigenvalue weighted by molar-refractivity contribution is -0.131. The highest BCUT2D eigenvalue weighted by Gasteiger charge is 2.26. The summed E-state index contributed by atoms with van der Waals surface area (Å²) in [4.78, 5) is 35.1. The predicted octanol–water partition coefficient (Wildman–Crippen LogP) is 2.53. The van der Waals surface area contributed by atoms with E-state index in [2.05, 4.69) is 4.74 Å². The van der Waals surface area contributed by atoms with Gasteiger partial charge in [-0.05, 0) is 0 Å². The highest BCUT2D eigenvalue weighted by atomic mass is 16.5. The quantitative estimate of drug-likeness (QED) is 0.814. The van der Waals surface area contributed by atoms with E-state index in [-0.39, 0.29) is 17.2 Å². The minimum atomic E-state index is -0.687. The molecule has 0 aliphatic rings. The Labute approximate surface area is 127 Å². The molecular weight excluding hydrogens is 286 g/mol. The van der Waals surface area contributed by atoms with Crippen LogP contribution >= 0.6 is 0 Å². The van der Waals surface area contributed by atoms with E-state index in [4.69, 9.17) is 4.74 Å². The molecule has 0 bridgehead atoms. The van der Waals surface area contributed by atoms with Crippen molar-refractivity contribution < 1.29 is 23.9 Å². The zero-order valence-electron chi connectivity index (χ0n) is 12.5. The minimum Gasteiger partial charge on any atom is -0.465 e. The summed E-state index contributed by atoms with van der Waals surface area (Å²) in [5.74, 6) is -1.58. The van der Waals surface area contributed by atoms with Crippen LogP contribution in [0.4, 0.5) is 0 Å². The molecule has 0 aliphatic carbocycles. The van der Waals surface area contributed by atoms with Gasteiger partial charge in [-0.3, -0.25) is 14.2 Å². The summed E-state index contributed by atoms with van der Waals surface area (Å²) in [5, 5.41) is 0. The van der Waals surface area contributed by atoms with Crippen molar-refractivity contribution in [3.05, 3.63) is 42.1 Å². The van der Waals surface area contributed by atoms with Crippen molar-refractivity contribution in [1.82, 2.24) is 4.57 Å². The average molecular weight is 301 g/mol. The molecule has 0 fully saturated rings. The molecule has 0 amide bonds. The van der Waals surface area contributed by atoms with E-state index in [1.54, 1.807) is 24.3 Å². The van der Waals surface area contributed by atoms with Crippen LogP contribution in [0.1, 0.15) is 29.0 Å². The summed E-state index contributed by atoms with van der Waals surface area (Å²) in [5.41, 5.74) is 1.000. The smallest absolute Gasteiger partial charge is 0.343 e. The zero-order valence-corrected chi connectivity index (χ0v) is 12.5. The van der Waals surface area contributed by atoms with Crippen LogP contribution in [0.25, 0.3) is 11.3 Å². The van der Waals surface area contributed by atoms with E-state index in [0.29, 0.717) is 11.3 Å². The highest BCUT2D eigenvalue weighted by Crippen LogP contribution is 2.36. The summed E-state index contributed by atoms with van der Waals surface area (Å²) in [7, 11) is 1.22. The van der Waals surface area contributed by atoms with Gasteiger partial charge >= 0.3 is 11.9 Å². The summed E-state index contributed by atoms with van der Waals surface area (Å²) < 4.78 is 11.1. The first-order chi connectivity index (χ1) is 10.5. The lowest BCUT2D eigenvalue weighted by Crippen LogP contribution is -2.08. The number of rotatable bonds is 3. The standard InChI is InChI=1S/C16H15NO5/c1-10(18)17-9-13(16(20)21-3)15(22-11(2)19)14(17)12-7-5-4-6-8-12/h4-9H,1-3H3. The van der Waals surface area contributed by atoms with Crippen molar-refractivity contribution in [2.75, 3.05) is 7.11 Å². The van der Waals surface area contributed by atoms with Crippen LogP contribution in [-0.4, -0.2) is 29.5 Å². The monoisotopic (exact) mass is 301 g/mol. The number of aromatic nitrogens is 1. The van der Waals surface area contributed by atoms with Gasteiger partial charge in [-0.15, -0.1) is 0 Å². The van der Waals surface area contributed by atoms with Crippen molar-refractivity contribution in [1.29, 1.82) is 0 Å². The molecule has 0 spiro atoms. The van der Waals surface area contributed by atoms with Gasteiger partial charge in [0.1, 0.15) is 5.56 Å². The second kappa shape index (κ2) is 6.26. The van der Waals surface area contributed by atoms with Crippen LogP contribution in [0.2, 0.25) is 0 Å². The number of hydrogen-bond donors (Lipinski definition) is 0. The molecule has 0 radical (unpaired) electrons. The van der Waals surface area contributed by atoms with Crippen LogP contribution < -0.4 is 4.74 Å². The molecule has 1 aromatic heterocycles. The Morgan fingerprint density at radius 1 is 1.05 bits per heavy atom. The Balaban J connectivity index is 2.77. The maximum absolute atomic E-state index is 11.9. The van der Waals surface area contributed by atoms with Crippen LogP contribution in [-0.2, 0) is 9.53 Å². The minimum absolute atomic E-state index is 0.0146. The van der Waals surface area contributed by atoms with Crippen LogP contribution in [0, 0.1) is 0 Å². The molecular formula is C16H15NO5. The number of ether oxygens (including phenoxy) is 2. The van der Waals surface area contributed by atoms with Gasteiger partial charge in [0.2, 0.25) is 5.91 Å². The van der Waals surface area contributed by atoms with Crippen LogP contribution in [0.5, 0.6) is 5.75 Å². The van der Waals surface area contributed by atoms with E-state index < -0.39 is 11.9 Å². The number of hydrogen-bond acceptors (Lipinski definition) is 5. The molecule has 6 heteroatoms. The molecule has 0 aliphatic heterocycles. The molecule has 2 rings (SSSR count). The predicted molar refractivity (Wildman–Crippen MR) is 78.8 cm³/mol. The molecule has 1 heterocycles. The summed E-state index contributed by atoms with van der Waals surface area (Å²) in [6.45, 7) is 2.58. The number of benzene rings is 1. The molecule has 114 valence electrons. The maximum Gasteiger partial charge on any atom is 0.343 e. The molecule has 0 atom stereocenters. The average Bonchev–Trinajstić information content (AvgIpc) is 2.86. The van der Waals surface area contributed by atoms with Gasteiger partial charge in [0, 0.05) is 25.6 Å². The number of carbonyl (C=O) groups excluding carboxylic acids is 3. The summed E-state index contributed by atoms with van der Waals surface area (Å²) in [6.07, 6.45) is 1.31. The lowest BCUT2D eigenvalue weighted by atomic mass is 10.1. The van der Waals surface area contributed by atoms with E-state index in [1.807, 2.05) is 6.07 Å². The second-order valence-electron chi connectivity index (χ2n) is 4.56. The number of esters is 2. The van der Waals surface area contributed by atoms with Gasteiger partial charge in [0.05, 0.1) is 12.8 Å². The molecule has 6 nitrogen and oxygen atoms in total. The van der Waals surface area contributed by atoms with Gasteiger partial charge in [-0.2, -0.15) is 0 Å². The fourth-order valence-electron chi connectivity index (χ4n) is 2.11. The fraction of sp³-hybridized carbons (Fsp3) is 0.188. The van der Waals surface area contributed by atoms with Crippen molar-refractivity contribution >= 4 is 17.8 Å². The Bertz CT molecular complexity index is 730. The van der Waals surface area contributed by atoms with Gasteiger partial charge in [-0.1, -0.05) is 30.3 Å². The molecule has 1 aromatic carbocycles. The van der Waals surface area contributed by atoms with Crippen molar-refractivity contribution in [3.63, 3.8) is 0 Å². The van der Waals surface area contributed by atoms with E-state index in [1.165, 1.54) is 31.7 Å². The van der Waals surface area contributed by atoms with Crippen molar-refractivity contribution in [2.45, 2.75) is 13.8 Å². The largest absolute Gasteiger partial charge is 0.465 e. The molecule has 0 unspecified atom stereocenters. The first-order valence-corrected chi connectivity index (χ1v) is 6.54. The Morgan fingerprint density at radius 2 is 1.68 bits per heavy atom. The van der Waals surface area contributed by atoms with E-state index in [9.17, 15) is 14.4 Å². The molecule has 0 saturated heterocycles. The molecule has 0 N–H and O–H groups in total. The first kappa shape index (κ1) is 15.5. The number of nitrogens with zero attached hydrogens (tertiary/aromatic N) is 1. The summed E-state index contributed by atoms with van der Waals surface area (Å²) in [6, 6.07) is 8.88. The van der Waals surface area contributed by atoms with Gasteiger partial charge in [0.15, 0.2) is 5.75 Å². The zero-order chi connectivity index (χ0) is 16.3. The Hall–Kier alpha value is -2.89. The highest BCUT2D eigenvalue weighted by molar-refractivity contribution is 5.99. The third kappa shape index (κ3) is 2.90. The third-order valence-electron chi connectivity index (χ3n) is 3.00. The van der Waals surface area contributed by atoms with Crippen molar-refractivity contribution in [2.24, 2.45) is 0 Å². The fourth-order valence-corrected chi connectivity index (χ4v) is 2.11.